The summed E-state index contributed by atoms with van der Waals surface area (Å²) in [5.74, 6) is 0.812. The van der Waals surface area contributed by atoms with Gasteiger partial charge in [-0.3, -0.25) is 4.79 Å². The van der Waals surface area contributed by atoms with E-state index in [1.54, 1.807) is 6.33 Å². The lowest BCUT2D eigenvalue weighted by molar-refractivity contribution is -0.121. The van der Waals surface area contributed by atoms with E-state index in [2.05, 4.69) is 15.5 Å². The second kappa shape index (κ2) is 5.97. The Kier molecular flexibility index (Phi) is 4.33. The molecule has 1 amide bonds. The van der Waals surface area contributed by atoms with Crippen LogP contribution in [0.4, 0.5) is 0 Å². The van der Waals surface area contributed by atoms with E-state index in [1.165, 1.54) is 11.3 Å². The molecule has 0 saturated heterocycles. The minimum absolute atomic E-state index is 0.00234. The highest BCUT2D eigenvalue weighted by atomic mass is 35.5. The summed E-state index contributed by atoms with van der Waals surface area (Å²) in [6.45, 7) is 0.523. The molecule has 96 valence electrons. The quantitative estimate of drug-likeness (QED) is 0.910. The Balaban J connectivity index is 1.74. The molecule has 0 bridgehead atoms. The molecule has 0 radical (unpaired) electrons. The van der Waals surface area contributed by atoms with Gasteiger partial charge in [-0.2, -0.15) is 0 Å². The van der Waals surface area contributed by atoms with E-state index >= 15 is 0 Å². The molecular formula is C11H13ClN4OS. The highest BCUT2D eigenvalue weighted by Gasteiger charge is 2.06. The molecule has 7 heteroatoms. The largest absolute Gasteiger partial charge is 0.351 e. The van der Waals surface area contributed by atoms with Gasteiger partial charge in [0.1, 0.15) is 12.2 Å². The van der Waals surface area contributed by atoms with Crippen LogP contribution in [0.2, 0.25) is 4.34 Å². The molecule has 0 aromatic carbocycles. The van der Waals surface area contributed by atoms with Crippen molar-refractivity contribution in [3.05, 3.63) is 33.5 Å². The average molecular weight is 285 g/mol. The van der Waals surface area contributed by atoms with E-state index in [1.807, 2.05) is 23.7 Å². The number of carbonyl (C=O) groups is 1. The molecule has 2 aromatic heterocycles. The van der Waals surface area contributed by atoms with Crippen LogP contribution in [-0.2, 0) is 24.8 Å². The lowest BCUT2D eigenvalue weighted by Gasteiger charge is -2.03. The predicted molar refractivity (Wildman–Crippen MR) is 70.5 cm³/mol. The number of hydrogen-bond donors (Lipinski definition) is 1. The molecule has 5 nitrogen and oxygen atoms in total. The van der Waals surface area contributed by atoms with Gasteiger partial charge in [0.2, 0.25) is 5.91 Å². The van der Waals surface area contributed by atoms with Crippen LogP contribution in [0, 0.1) is 0 Å². The molecule has 2 heterocycles. The molecule has 0 spiro atoms. The maximum absolute atomic E-state index is 11.6. The average Bonchev–Trinajstić information content (AvgIpc) is 2.93. The van der Waals surface area contributed by atoms with Crippen LogP contribution >= 0.6 is 22.9 Å². The third kappa shape index (κ3) is 3.54. The zero-order valence-electron chi connectivity index (χ0n) is 9.89. The Hall–Kier alpha value is -1.40. The Morgan fingerprint density at radius 3 is 3.00 bits per heavy atom. The number of carbonyl (C=O) groups excluding carboxylic acids is 1. The number of rotatable bonds is 5. The first-order valence-electron chi connectivity index (χ1n) is 5.49. The molecule has 0 atom stereocenters. The van der Waals surface area contributed by atoms with Crippen molar-refractivity contribution in [3.8, 4) is 0 Å². The van der Waals surface area contributed by atoms with Gasteiger partial charge in [-0.15, -0.1) is 21.5 Å². The van der Waals surface area contributed by atoms with E-state index in [9.17, 15) is 4.79 Å². The second-order valence-electron chi connectivity index (χ2n) is 3.84. The SMILES string of the molecule is Cn1cnnc1CCC(=O)NCc1ccc(Cl)s1. The Labute approximate surface area is 114 Å². The van der Waals surface area contributed by atoms with Crippen LogP contribution in [0.25, 0.3) is 0 Å². The fourth-order valence-electron chi connectivity index (χ4n) is 1.48. The van der Waals surface area contributed by atoms with Gasteiger partial charge in [0, 0.05) is 24.8 Å². The summed E-state index contributed by atoms with van der Waals surface area (Å²) in [4.78, 5) is 12.7. The smallest absolute Gasteiger partial charge is 0.220 e. The van der Waals surface area contributed by atoms with Gasteiger partial charge in [0.15, 0.2) is 0 Å². The van der Waals surface area contributed by atoms with Crippen molar-refractivity contribution in [2.45, 2.75) is 19.4 Å². The molecule has 2 rings (SSSR count). The number of nitrogens with one attached hydrogen (secondary N) is 1. The number of thiophene rings is 1. The molecule has 18 heavy (non-hydrogen) atoms. The van der Waals surface area contributed by atoms with Crippen molar-refractivity contribution in [1.82, 2.24) is 20.1 Å². The van der Waals surface area contributed by atoms with Crippen molar-refractivity contribution in [3.63, 3.8) is 0 Å². The number of hydrogen-bond acceptors (Lipinski definition) is 4. The standard InChI is InChI=1S/C11H13ClN4OS/c1-16-7-14-15-10(16)4-5-11(17)13-6-8-2-3-9(12)18-8/h2-3,7H,4-6H2,1H3,(H,13,17). The van der Waals surface area contributed by atoms with Crippen molar-refractivity contribution in [2.24, 2.45) is 7.05 Å². The topological polar surface area (TPSA) is 59.8 Å². The van der Waals surface area contributed by atoms with Gasteiger partial charge >= 0.3 is 0 Å². The Morgan fingerprint density at radius 2 is 2.39 bits per heavy atom. The third-order valence-electron chi connectivity index (χ3n) is 2.47. The van der Waals surface area contributed by atoms with Crippen LogP contribution in [-0.4, -0.2) is 20.7 Å². The van der Waals surface area contributed by atoms with Crippen LogP contribution < -0.4 is 5.32 Å². The summed E-state index contributed by atoms with van der Waals surface area (Å²) in [6, 6.07) is 3.74. The first-order valence-corrected chi connectivity index (χ1v) is 6.68. The van der Waals surface area contributed by atoms with Crippen molar-refractivity contribution >= 4 is 28.8 Å². The molecule has 2 aromatic rings. The van der Waals surface area contributed by atoms with Crippen LogP contribution in [0.15, 0.2) is 18.5 Å². The summed E-state index contributed by atoms with van der Waals surface area (Å²) in [6.07, 6.45) is 2.63. The van der Waals surface area contributed by atoms with Crippen molar-refractivity contribution in [1.29, 1.82) is 0 Å². The predicted octanol–water partition coefficient (Wildman–Crippen LogP) is 1.78. The number of aryl methyl sites for hydroxylation is 2. The fraction of sp³-hybridized carbons (Fsp3) is 0.364. The summed E-state index contributed by atoms with van der Waals surface area (Å²) in [5, 5.41) is 10.5. The van der Waals surface area contributed by atoms with E-state index in [4.69, 9.17) is 11.6 Å². The molecule has 0 aliphatic rings. The van der Waals surface area contributed by atoms with Crippen LogP contribution in [0.5, 0.6) is 0 Å². The van der Waals surface area contributed by atoms with Gasteiger partial charge in [-0.25, -0.2) is 0 Å². The van der Waals surface area contributed by atoms with E-state index in [0.717, 1.165) is 15.0 Å². The van der Waals surface area contributed by atoms with Gasteiger partial charge in [0.05, 0.1) is 10.9 Å². The molecule has 0 unspecified atom stereocenters. The van der Waals surface area contributed by atoms with Crippen molar-refractivity contribution < 1.29 is 4.79 Å². The number of aromatic nitrogens is 3. The minimum Gasteiger partial charge on any atom is -0.351 e. The minimum atomic E-state index is 0.00234. The highest BCUT2D eigenvalue weighted by Crippen LogP contribution is 2.20. The first-order chi connectivity index (χ1) is 8.65. The first kappa shape index (κ1) is 13.0. The summed E-state index contributed by atoms with van der Waals surface area (Å²) in [7, 11) is 1.86. The second-order valence-corrected chi connectivity index (χ2v) is 5.64. The lowest BCUT2D eigenvalue weighted by atomic mass is 10.3. The van der Waals surface area contributed by atoms with Gasteiger partial charge in [-0.1, -0.05) is 11.6 Å². The Morgan fingerprint density at radius 1 is 1.56 bits per heavy atom. The molecule has 0 aliphatic heterocycles. The highest BCUT2D eigenvalue weighted by molar-refractivity contribution is 7.16. The Bertz CT molecular complexity index is 537. The molecule has 0 fully saturated rings. The van der Waals surface area contributed by atoms with Gasteiger partial charge in [-0.05, 0) is 12.1 Å². The van der Waals surface area contributed by atoms with Crippen LogP contribution in [0.3, 0.4) is 0 Å². The zero-order valence-corrected chi connectivity index (χ0v) is 11.5. The third-order valence-corrected chi connectivity index (χ3v) is 3.70. The van der Waals surface area contributed by atoms with E-state index in [-0.39, 0.29) is 5.91 Å². The molecular weight excluding hydrogens is 272 g/mol. The lowest BCUT2D eigenvalue weighted by Crippen LogP contribution is -2.22. The fourth-order valence-corrected chi connectivity index (χ4v) is 2.51. The summed E-state index contributed by atoms with van der Waals surface area (Å²) in [5.41, 5.74) is 0. The normalized spacial score (nSPS) is 10.6. The molecule has 0 aliphatic carbocycles. The number of halogens is 1. The van der Waals surface area contributed by atoms with Gasteiger partial charge in [0.25, 0.3) is 0 Å². The maximum atomic E-state index is 11.6. The summed E-state index contributed by atoms with van der Waals surface area (Å²) >= 11 is 7.28. The zero-order chi connectivity index (χ0) is 13.0. The van der Waals surface area contributed by atoms with E-state index in [0.29, 0.717) is 19.4 Å². The molecule has 1 N–H and O–H groups in total. The summed E-state index contributed by atoms with van der Waals surface area (Å²) < 4.78 is 2.55. The monoisotopic (exact) mass is 284 g/mol. The maximum Gasteiger partial charge on any atom is 0.220 e. The number of nitrogens with zero attached hydrogens (tertiary/aromatic N) is 3. The molecule has 0 saturated carbocycles. The van der Waals surface area contributed by atoms with Crippen LogP contribution in [0.1, 0.15) is 17.1 Å². The van der Waals surface area contributed by atoms with Crippen molar-refractivity contribution in [2.75, 3.05) is 0 Å². The number of amides is 1. The van der Waals surface area contributed by atoms with Gasteiger partial charge < -0.3 is 9.88 Å². The van der Waals surface area contributed by atoms with E-state index < -0.39 is 0 Å².